The number of halogens is 2. The van der Waals surface area contributed by atoms with Crippen LogP contribution in [0.15, 0.2) is 10.8 Å². The van der Waals surface area contributed by atoms with Gasteiger partial charge in [-0.1, -0.05) is 11.6 Å². The summed E-state index contributed by atoms with van der Waals surface area (Å²) in [7, 11) is 0. The molecule has 2 rings (SSSR count). The van der Waals surface area contributed by atoms with Crippen molar-refractivity contribution in [2.24, 2.45) is 0 Å². The van der Waals surface area contributed by atoms with Gasteiger partial charge in [0.15, 0.2) is 0 Å². The molecule has 1 aromatic rings. The molecule has 1 aromatic heterocycles. The summed E-state index contributed by atoms with van der Waals surface area (Å²) in [5.74, 6) is -0.293. The Morgan fingerprint density at radius 1 is 1.31 bits per heavy atom. The van der Waals surface area contributed by atoms with Crippen molar-refractivity contribution in [1.82, 2.24) is 15.3 Å². The second-order valence-electron chi connectivity index (χ2n) is 3.13. The minimum atomic E-state index is -0.363. The van der Waals surface area contributed by atoms with E-state index in [0.717, 1.165) is 0 Å². The van der Waals surface area contributed by atoms with Gasteiger partial charge in [0, 0.05) is 0 Å². The number of anilines is 1. The smallest absolute Gasteiger partial charge is 0.246 e. The van der Waals surface area contributed by atoms with Crippen molar-refractivity contribution < 1.29 is 9.59 Å². The Bertz CT molecular complexity index is 451. The zero-order valence-corrected chi connectivity index (χ0v) is 10.2. The van der Waals surface area contributed by atoms with E-state index in [4.69, 9.17) is 11.6 Å². The Morgan fingerprint density at radius 3 is 2.56 bits per heavy atom. The maximum atomic E-state index is 11.2. The summed E-state index contributed by atoms with van der Waals surface area (Å²) in [4.78, 5) is 31.7. The van der Waals surface area contributed by atoms with Crippen molar-refractivity contribution in [2.45, 2.75) is 0 Å². The monoisotopic (exact) mass is 304 g/mol. The number of carbonyl (C=O) groups is 2. The highest BCUT2D eigenvalue weighted by Gasteiger charge is 2.25. The largest absolute Gasteiger partial charge is 0.337 e. The van der Waals surface area contributed by atoms with Gasteiger partial charge in [0.25, 0.3) is 0 Å². The molecule has 0 saturated carbocycles. The number of amides is 2. The molecule has 0 atom stereocenters. The average Bonchev–Trinajstić information content (AvgIpc) is 2.20. The van der Waals surface area contributed by atoms with Crippen molar-refractivity contribution in [2.75, 3.05) is 18.0 Å². The first-order chi connectivity index (χ1) is 7.58. The molecule has 84 valence electrons. The first kappa shape index (κ1) is 11.3. The third kappa shape index (κ3) is 2.14. The van der Waals surface area contributed by atoms with Gasteiger partial charge in [-0.25, -0.2) is 9.97 Å². The van der Waals surface area contributed by atoms with Crippen molar-refractivity contribution in [3.8, 4) is 0 Å². The SMILES string of the molecule is O=C1CN(c2ncnc(Cl)c2Br)CC(=O)N1. The van der Waals surface area contributed by atoms with Crippen LogP contribution in [0, 0.1) is 0 Å². The number of hydrogen-bond acceptors (Lipinski definition) is 5. The summed E-state index contributed by atoms with van der Waals surface area (Å²) in [6.45, 7) is 0.134. The molecule has 6 nitrogen and oxygen atoms in total. The van der Waals surface area contributed by atoms with E-state index in [1.165, 1.54) is 11.2 Å². The molecule has 8 heteroatoms. The van der Waals surface area contributed by atoms with E-state index in [1.807, 2.05) is 0 Å². The molecule has 1 aliphatic rings. The number of aromatic nitrogens is 2. The van der Waals surface area contributed by atoms with Gasteiger partial charge in [-0.2, -0.15) is 0 Å². The van der Waals surface area contributed by atoms with Crippen LogP contribution in [-0.4, -0.2) is 34.9 Å². The number of piperazine rings is 1. The van der Waals surface area contributed by atoms with E-state index in [2.05, 4.69) is 31.2 Å². The van der Waals surface area contributed by atoms with Crippen molar-refractivity contribution in [3.05, 3.63) is 16.0 Å². The van der Waals surface area contributed by atoms with E-state index in [9.17, 15) is 9.59 Å². The fourth-order valence-electron chi connectivity index (χ4n) is 1.35. The molecular weight excluding hydrogens is 299 g/mol. The molecule has 16 heavy (non-hydrogen) atoms. The van der Waals surface area contributed by atoms with Crippen LogP contribution in [0.25, 0.3) is 0 Å². The lowest BCUT2D eigenvalue weighted by Gasteiger charge is -2.26. The molecule has 2 heterocycles. The van der Waals surface area contributed by atoms with Crippen molar-refractivity contribution >= 4 is 45.2 Å². The molecule has 1 saturated heterocycles. The van der Waals surface area contributed by atoms with Gasteiger partial charge >= 0.3 is 0 Å². The van der Waals surface area contributed by atoms with Gasteiger partial charge in [0.2, 0.25) is 11.8 Å². The average molecular weight is 306 g/mol. The van der Waals surface area contributed by atoms with E-state index in [-0.39, 0.29) is 30.1 Å². The number of rotatable bonds is 1. The molecule has 0 aromatic carbocycles. The van der Waals surface area contributed by atoms with Gasteiger partial charge < -0.3 is 4.90 Å². The minimum Gasteiger partial charge on any atom is -0.337 e. The van der Waals surface area contributed by atoms with E-state index in [1.54, 1.807) is 0 Å². The predicted octanol–water partition coefficient (Wildman–Crippen LogP) is 0.355. The molecule has 0 radical (unpaired) electrons. The van der Waals surface area contributed by atoms with E-state index < -0.39 is 0 Å². The standard InChI is InChI=1S/C8H6BrClN4O2/c9-6-7(10)11-3-12-8(6)14-1-4(15)13-5(16)2-14/h3H,1-2H2,(H,13,15,16). The number of carbonyl (C=O) groups excluding carboxylic acids is 2. The molecule has 2 amide bonds. The second kappa shape index (κ2) is 4.34. The quantitative estimate of drug-likeness (QED) is 0.599. The van der Waals surface area contributed by atoms with Gasteiger partial charge in [0.1, 0.15) is 17.3 Å². The normalized spacial score (nSPS) is 16.2. The Hall–Kier alpha value is -1.21. The lowest BCUT2D eigenvalue weighted by atomic mass is 10.3. The fourth-order valence-corrected chi connectivity index (χ4v) is 1.93. The zero-order chi connectivity index (χ0) is 11.7. The van der Waals surface area contributed by atoms with E-state index >= 15 is 0 Å². The molecule has 1 fully saturated rings. The highest BCUT2D eigenvalue weighted by atomic mass is 79.9. The predicted molar refractivity (Wildman–Crippen MR) is 60.1 cm³/mol. The summed E-state index contributed by atoms with van der Waals surface area (Å²) < 4.78 is 0.471. The van der Waals surface area contributed by atoms with Crippen molar-refractivity contribution in [3.63, 3.8) is 0 Å². The Labute approximate surface area is 104 Å². The van der Waals surface area contributed by atoms with Crippen LogP contribution < -0.4 is 10.2 Å². The van der Waals surface area contributed by atoms with Gasteiger partial charge in [-0.15, -0.1) is 0 Å². The van der Waals surface area contributed by atoms with Gasteiger partial charge in [0.05, 0.1) is 17.6 Å². The van der Waals surface area contributed by atoms with E-state index in [0.29, 0.717) is 10.3 Å². The number of nitrogens with zero attached hydrogens (tertiary/aromatic N) is 3. The Kier molecular flexibility index (Phi) is 3.06. The number of imide groups is 1. The molecule has 0 bridgehead atoms. The first-order valence-electron chi connectivity index (χ1n) is 4.31. The number of nitrogens with one attached hydrogen (secondary N) is 1. The highest BCUT2D eigenvalue weighted by molar-refractivity contribution is 9.10. The summed E-state index contributed by atoms with van der Waals surface area (Å²) in [6.07, 6.45) is 1.28. The Balaban J connectivity index is 2.33. The van der Waals surface area contributed by atoms with Crippen LogP contribution in [0.5, 0.6) is 0 Å². The summed E-state index contributed by atoms with van der Waals surface area (Å²) in [5.41, 5.74) is 0. The molecule has 1 aliphatic heterocycles. The maximum absolute atomic E-state index is 11.2. The third-order valence-corrected chi connectivity index (χ3v) is 3.22. The Morgan fingerprint density at radius 2 is 1.94 bits per heavy atom. The maximum Gasteiger partial charge on any atom is 0.246 e. The molecule has 0 aliphatic carbocycles. The lowest BCUT2D eigenvalue weighted by Crippen LogP contribution is -2.51. The molecular formula is C8H6BrClN4O2. The third-order valence-electron chi connectivity index (χ3n) is 1.98. The van der Waals surface area contributed by atoms with Crippen LogP contribution in [0.1, 0.15) is 0 Å². The topological polar surface area (TPSA) is 75.2 Å². The van der Waals surface area contributed by atoms with Gasteiger partial charge in [-0.3, -0.25) is 14.9 Å². The molecule has 0 unspecified atom stereocenters. The summed E-state index contributed by atoms with van der Waals surface area (Å²) >= 11 is 9.01. The molecule has 1 N–H and O–H groups in total. The minimum absolute atomic E-state index is 0.0671. The second-order valence-corrected chi connectivity index (χ2v) is 4.28. The molecule has 0 spiro atoms. The zero-order valence-electron chi connectivity index (χ0n) is 7.91. The van der Waals surface area contributed by atoms with Crippen LogP contribution in [0.4, 0.5) is 5.82 Å². The van der Waals surface area contributed by atoms with Gasteiger partial charge in [-0.05, 0) is 15.9 Å². The van der Waals surface area contributed by atoms with Crippen LogP contribution in [-0.2, 0) is 9.59 Å². The lowest BCUT2D eigenvalue weighted by molar-refractivity contribution is -0.130. The fraction of sp³-hybridized carbons (Fsp3) is 0.250. The van der Waals surface area contributed by atoms with Crippen LogP contribution in [0.2, 0.25) is 5.15 Å². The van der Waals surface area contributed by atoms with Crippen LogP contribution in [0.3, 0.4) is 0 Å². The summed E-state index contributed by atoms with van der Waals surface area (Å²) in [5, 5.41) is 2.44. The first-order valence-corrected chi connectivity index (χ1v) is 5.48. The number of hydrogen-bond donors (Lipinski definition) is 1. The van der Waals surface area contributed by atoms with Crippen molar-refractivity contribution in [1.29, 1.82) is 0 Å². The summed E-state index contributed by atoms with van der Waals surface area (Å²) in [6, 6.07) is 0. The highest BCUT2D eigenvalue weighted by Crippen LogP contribution is 2.29. The van der Waals surface area contributed by atoms with Crippen LogP contribution >= 0.6 is 27.5 Å².